The van der Waals surface area contributed by atoms with Crippen molar-refractivity contribution >= 4 is 5.78 Å². The van der Waals surface area contributed by atoms with Gasteiger partial charge in [0.05, 0.1) is 6.61 Å². The van der Waals surface area contributed by atoms with Gasteiger partial charge in [0.2, 0.25) is 0 Å². The van der Waals surface area contributed by atoms with Crippen molar-refractivity contribution in [2.45, 2.75) is 44.4 Å². The summed E-state index contributed by atoms with van der Waals surface area (Å²) in [5.74, 6) is 0.0963. The zero-order valence-electron chi connectivity index (χ0n) is 10.4. The van der Waals surface area contributed by atoms with E-state index in [1.807, 2.05) is 24.3 Å². The molecule has 1 aliphatic carbocycles. The molecule has 2 rings (SSSR count). The summed E-state index contributed by atoms with van der Waals surface area (Å²) in [4.78, 5) is 11.7. The van der Waals surface area contributed by atoms with E-state index >= 15 is 0 Å². The van der Waals surface area contributed by atoms with Crippen molar-refractivity contribution in [3.63, 3.8) is 0 Å². The molecule has 0 aliphatic heterocycles. The average molecular weight is 232 g/mol. The van der Waals surface area contributed by atoms with Gasteiger partial charge in [-0.2, -0.15) is 0 Å². The van der Waals surface area contributed by atoms with Crippen LogP contribution in [-0.2, 0) is 5.41 Å². The van der Waals surface area contributed by atoms with Crippen molar-refractivity contribution in [2.24, 2.45) is 0 Å². The molecule has 1 N–H and O–H groups in total. The van der Waals surface area contributed by atoms with Crippen LogP contribution in [-0.4, -0.2) is 17.5 Å². The van der Waals surface area contributed by atoms with Gasteiger partial charge < -0.3 is 5.11 Å². The van der Waals surface area contributed by atoms with Gasteiger partial charge in [-0.3, -0.25) is 4.79 Å². The van der Waals surface area contributed by atoms with Gasteiger partial charge in [0.25, 0.3) is 0 Å². The third-order valence-electron chi connectivity index (χ3n) is 3.99. The number of carbonyl (C=O) groups is 1. The Morgan fingerprint density at radius 3 is 2.47 bits per heavy atom. The minimum Gasteiger partial charge on any atom is -0.395 e. The molecule has 1 aromatic carbocycles. The Hall–Kier alpha value is -1.15. The highest BCUT2D eigenvalue weighted by Crippen LogP contribution is 2.40. The monoisotopic (exact) mass is 232 g/mol. The highest BCUT2D eigenvalue weighted by Gasteiger charge is 2.35. The molecule has 0 aromatic heterocycles. The van der Waals surface area contributed by atoms with Gasteiger partial charge in [0, 0.05) is 11.0 Å². The van der Waals surface area contributed by atoms with Gasteiger partial charge in [-0.05, 0) is 25.3 Å². The molecule has 0 saturated heterocycles. The lowest BCUT2D eigenvalue weighted by molar-refractivity contribution is 0.100. The fourth-order valence-corrected chi connectivity index (χ4v) is 2.99. The number of aliphatic hydroxyl groups excluding tert-OH is 1. The molecule has 0 amide bonds. The van der Waals surface area contributed by atoms with Crippen LogP contribution in [0.25, 0.3) is 0 Å². The van der Waals surface area contributed by atoms with E-state index in [-0.39, 0.29) is 17.8 Å². The fourth-order valence-electron chi connectivity index (χ4n) is 2.99. The normalized spacial score (nSPS) is 18.9. The predicted octanol–water partition coefficient (Wildman–Crippen LogP) is 3.08. The summed E-state index contributed by atoms with van der Waals surface area (Å²) in [6.45, 7) is 1.75. The van der Waals surface area contributed by atoms with Crippen molar-refractivity contribution in [2.75, 3.05) is 6.61 Å². The molecule has 0 bridgehead atoms. The molecule has 1 aliphatic rings. The molecular weight excluding hydrogens is 212 g/mol. The van der Waals surface area contributed by atoms with Crippen molar-refractivity contribution in [3.05, 3.63) is 35.4 Å². The number of benzene rings is 1. The molecule has 0 unspecified atom stereocenters. The molecule has 0 heterocycles. The lowest BCUT2D eigenvalue weighted by Gasteiger charge is -2.37. The number of aliphatic hydroxyl groups is 1. The third kappa shape index (κ3) is 2.27. The van der Waals surface area contributed by atoms with Gasteiger partial charge in [-0.15, -0.1) is 0 Å². The van der Waals surface area contributed by atoms with Gasteiger partial charge in [-0.25, -0.2) is 0 Å². The molecule has 1 fully saturated rings. The second kappa shape index (κ2) is 5.01. The van der Waals surface area contributed by atoms with Gasteiger partial charge in [-0.1, -0.05) is 43.5 Å². The summed E-state index contributed by atoms with van der Waals surface area (Å²) < 4.78 is 0. The van der Waals surface area contributed by atoms with Gasteiger partial charge in [0.15, 0.2) is 5.78 Å². The Morgan fingerprint density at radius 2 is 1.88 bits per heavy atom. The maximum Gasteiger partial charge on any atom is 0.160 e. The van der Waals surface area contributed by atoms with Crippen LogP contribution in [0.2, 0.25) is 0 Å². The Bertz CT molecular complexity index is 403. The van der Waals surface area contributed by atoms with E-state index in [0.717, 1.165) is 36.8 Å². The Kier molecular flexibility index (Phi) is 3.63. The van der Waals surface area contributed by atoms with Crippen LogP contribution in [0, 0.1) is 0 Å². The SMILES string of the molecule is CC(=O)c1ccccc1C1(CO)CCCCC1. The van der Waals surface area contributed by atoms with E-state index in [9.17, 15) is 9.90 Å². The number of carbonyl (C=O) groups excluding carboxylic acids is 1. The average Bonchev–Trinajstić information content (AvgIpc) is 2.39. The first kappa shape index (κ1) is 12.3. The van der Waals surface area contributed by atoms with E-state index in [1.54, 1.807) is 6.92 Å². The third-order valence-corrected chi connectivity index (χ3v) is 3.99. The second-order valence-electron chi connectivity index (χ2n) is 5.10. The zero-order valence-corrected chi connectivity index (χ0v) is 10.4. The number of Topliss-reactive ketones (excluding diaryl/α,β-unsaturated/α-hetero) is 1. The van der Waals surface area contributed by atoms with Crippen LogP contribution in [0.4, 0.5) is 0 Å². The van der Waals surface area contributed by atoms with Gasteiger partial charge >= 0.3 is 0 Å². The summed E-state index contributed by atoms with van der Waals surface area (Å²) in [7, 11) is 0. The predicted molar refractivity (Wildman–Crippen MR) is 68.3 cm³/mol. The molecular formula is C15H20O2. The Balaban J connectivity index is 2.46. The highest BCUT2D eigenvalue weighted by atomic mass is 16.3. The van der Waals surface area contributed by atoms with Crippen LogP contribution < -0.4 is 0 Å². The molecule has 92 valence electrons. The van der Waals surface area contributed by atoms with E-state index in [2.05, 4.69) is 0 Å². The number of rotatable bonds is 3. The largest absolute Gasteiger partial charge is 0.395 e. The first-order valence-electron chi connectivity index (χ1n) is 6.41. The van der Waals surface area contributed by atoms with E-state index in [4.69, 9.17) is 0 Å². The summed E-state index contributed by atoms with van der Waals surface area (Å²) >= 11 is 0. The standard InChI is InChI=1S/C15H20O2/c1-12(17)13-7-3-4-8-14(13)15(11-16)9-5-2-6-10-15/h3-4,7-8,16H,2,5-6,9-11H2,1H3. The van der Waals surface area contributed by atoms with Crippen molar-refractivity contribution in [3.8, 4) is 0 Å². The summed E-state index contributed by atoms with van der Waals surface area (Å²) in [6, 6.07) is 7.75. The van der Waals surface area contributed by atoms with Crippen LogP contribution >= 0.6 is 0 Å². The van der Waals surface area contributed by atoms with Crippen molar-refractivity contribution in [1.82, 2.24) is 0 Å². The summed E-state index contributed by atoms with van der Waals surface area (Å²) in [5.41, 5.74) is 1.65. The zero-order chi connectivity index (χ0) is 12.3. The van der Waals surface area contributed by atoms with E-state index < -0.39 is 0 Å². The molecule has 0 radical (unpaired) electrons. The van der Waals surface area contributed by atoms with Crippen LogP contribution in [0.1, 0.15) is 54.9 Å². The lowest BCUT2D eigenvalue weighted by atomic mass is 9.68. The molecule has 2 heteroatoms. The smallest absolute Gasteiger partial charge is 0.160 e. The number of hydrogen-bond acceptors (Lipinski definition) is 2. The fraction of sp³-hybridized carbons (Fsp3) is 0.533. The quantitative estimate of drug-likeness (QED) is 0.813. The lowest BCUT2D eigenvalue weighted by Crippen LogP contribution is -2.34. The minimum absolute atomic E-state index is 0.0963. The molecule has 2 nitrogen and oxygen atoms in total. The Morgan fingerprint density at radius 1 is 1.24 bits per heavy atom. The minimum atomic E-state index is -0.180. The van der Waals surface area contributed by atoms with Crippen molar-refractivity contribution in [1.29, 1.82) is 0 Å². The van der Waals surface area contributed by atoms with Crippen LogP contribution in [0.3, 0.4) is 0 Å². The van der Waals surface area contributed by atoms with Crippen LogP contribution in [0.15, 0.2) is 24.3 Å². The van der Waals surface area contributed by atoms with E-state index in [1.165, 1.54) is 6.42 Å². The number of hydrogen-bond donors (Lipinski definition) is 1. The highest BCUT2D eigenvalue weighted by molar-refractivity contribution is 5.95. The molecule has 1 aromatic rings. The number of ketones is 1. The molecule has 1 saturated carbocycles. The Labute approximate surface area is 103 Å². The van der Waals surface area contributed by atoms with Gasteiger partial charge in [0.1, 0.15) is 0 Å². The van der Waals surface area contributed by atoms with Crippen LogP contribution in [0.5, 0.6) is 0 Å². The maximum absolute atomic E-state index is 11.7. The van der Waals surface area contributed by atoms with Crippen molar-refractivity contribution < 1.29 is 9.90 Å². The second-order valence-corrected chi connectivity index (χ2v) is 5.10. The molecule has 17 heavy (non-hydrogen) atoms. The molecule has 0 spiro atoms. The first-order chi connectivity index (χ1) is 8.19. The first-order valence-corrected chi connectivity index (χ1v) is 6.41. The maximum atomic E-state index is 11.7. The molecule has 0 atom stereocenters. The summed E-state index contributed by atoms with van der Waals surface area (Å²) in [5, 5.41) is 9.79. The topological polar surface area (TPSA) is 37.3 Å². The van der Waals surface area contributed by atoms with E-state index in [0.29, 0.717) is 0 Å². The summed E-state index contributed by atoms with van der Waals surface area (Å²) in [6.07, 6.45) is 5.52.